The van der Waals surface area contributed by atoms with Crippen LogP contribution < -0.4 is 0 Å². The third kappa shape index (κ3) is 3.01. The first-order chi connectivity index (χ1) is 16.0. The molecular formula is C23H19F2N7O. The van der Waals surface area contributed by atoms with Crippen LogP contribution in [0.15, 0.2) is 55.2 Å². The fraction of sp³-hybridized carbons (Fsp3) is 0.217. The van der Waals surface area contributed by atoms with Crippen LogP contribution in [-0.4, -0.2) is 46.5 Å². The summed E-state index contributed by atoms with van der Waals surface area (Å²) >= 11 is 0. The zero-order valence-electron chi connectivity index (χ0n) is 17.6. The maximum absolute atomic E-state index is 13.7. The monoisotopic (exact) mass is 447 g/mol. The molecule has 1 atom stereocenters. The molecule has 1 aliphatic heterocycles. The van der Waals surface area contributed by atoms with E-state index >= 15 is 0 Å². The number of halogens is 2. The highest BCUT2D eigenvalue weighted by molar-refractivity contribution is 6.01. The van der Waals surface area contributed by atoms with Crippen molar-refractivity contribution in [1.82, 2.24) is 34.1 Å². The van der Waals surface area contributed by atoms with Crippen LogP contribution in [0.4, 0.5) is 8.78 Å². The van der Waals surface area contributed by atoms with Gasteiger partial charge in [-0.15, -0.1) is 0 Å². The summed E-state index contributed by atoms with van der Waals surface area (Å²) in [5.41, 5.74) is 4.46. The van der Waals surface area contributed by atoms with Crippen molar-refractivity contribution in [2.45, 2.75) is 25.8 Å². The van der Waals surface area contributed by atoms with Crippen molar-refractivity contribution >= 4 is 16.9 Å². The predicted octanol–water partition coefficient (Wildman–Crippen LogP) is 3.74. The predicted molar refractivity (Wildman–Crippen MR) is 115 cm³/mol. The summed E-state index contributed by atoms with van der Waals surface area (Å²) in [6.45, 7) is 2.39. The van der Waals surface area contributed by atoms with Crippen LogP contribution >= 0.6 is 0 Å². The second kappa shape index (κ2) is 7.22. The summed E-state index contributed by atoms with van der Waals surface area (Å²) in [5.74, 6) is -0.210. The first-order valence-electron chi connectivity index (χ1n) is 10.5. The van der Waals surface area contributed by atoms with Crippen LogP contribution in [-0.2, 0) is 6.42 Å². The summed E-state index contributed by atoms with van der Waals surface area (Å²) < 4.78 is 30.3. The van der Waals surface area contributed by atoms with Crippen LogP contribution in [0.2, 0.25) is 0 Å². The summed E-state index contributed by atoms with van der Waals surface area (Å²) in [7, 11) is 0. The van der Waals surface area contributed by atoms with Gasteiger partial charge in [-0.2, -0.15) is 10.2 Å². The molecule has 0 spiro atoms. The number of hydrogen-bond donors (Lipinski definition) is 1. The number of H-pyrrole nitrogens is 1. The molecule has 0 unspecified atom stereocenters. The van der Waals surface area contributed by atoms with Gasteiger partial charge in [-0.3, -0.25) is 4.79 Å². The Labute approximate surface area is 186 Å². The number of aromatic nitrogens is 6. The van der Waals surface area contributed by atoms with Gasteiger partial charge in [-0.25, -0.2) is 22.8 Å². The van der Waals surface area contributed by atoms with E-state index < -0.39 is 12.5 Å². The summed E-state index contributed by atoms with van der Waals surface area (Å²) in [6.07, 6.45) is 4.60. The number of aryl methyl sites for hydroxylation is 1. The first kappa shape index (κ1) is 19.6. The fourth-order valence-corrected chi connectivity index (χ4v) is 4.58. The standard InChI is InChI=1S/C23H19F2N7O/c1-13-4-5-18-15(10-28-32(18)11-13)23(33)30-8-6-16-20(27-12-26-16)21(30)17-9-19-14(22(24)25)3-2-7-31(19)29-17/h2-5,7,9-12,21-22H,6,8H2,1H3,(H,26,27)/t21-/m0/s1. The van der Waals surface area contributed by atoms with Gasteiger partial charge in [0.2, 0.25) is 0 Å². The Hall–Kier alpha value is -4.08. The van der Waals surface area contributed by atoms with E-state index in [4.69, 9.17) is 0 Å². The number of nitrogens with zero attached hydrogens (tertiary/aromatic N) is 6. The molecule has 6 heterocycles. The van der Waals surface area contributed by atoms with Gasteiger partial charge >= 0.3 is 0 Å². The van der Waals surface area contributed by atoms with Crippen LogP contribution in [0.3, 0.4) is 0 Å². The Balaban J connectivity index is 1.49. The molecule has 0 saturated carbocycles. The molecule has 166 valence electrons. The number of aromatic amines is 1. The number of carbonyl (C=O) groups is 1. The van der Waals surface area contributed by atoms with Gasteiger partial charge in [0.25, 0.3) is 12.3 Å². The molecule has 0 aliphatic carbocycles. The number of fused-ring (bicyclic) bond motifs is 3. The van der Waals surface area contributed by atoms with E-state index in [1.54, 1.807) is 34.2 Å². The lowest BCUT2D eigenvalue weighted by Gasteiger charge is -2.33. The number of pyridine rings is 2. The molecule has 0 aromatic carbocycles. The quantitative estimate of drug-likeness (QED) is 0.457. The SMILES string of the molecule is Cc1ccc2c(C(=O)N3CCc4[nH]cnc4[C@@H]3c3cc4c(C(F)F)cccn4n3)cnn2c1. The number of amides is 1. The maximum Gasteiger partial charge on any atom is 0.265 e. The van der Waals surface area contributed by atoms with Crippen LogP contribution in [0.25, 0.3) is 11.0 Å². The number of alkyl halides is 2. The molecule has 10 heteroatoms. The third-order valence-corrected chi connectivity index (χ3v) is 6.15. The minimum Gasteiger partial charge on any atom is -0.348 e. The van der Waals surface area contributed by atoms with E-state index in [9.17, 15) is 13.6 Å². The van der Waals surface area contributed by atoms with Crippen molar-refractivity contribution in [2.24, 2.45) is 0 Å². The lowest BCUT2D eigenvalue weighted by Crippen LogP contribution is -2.41. The largest absolute Gasteiger partial charge is 0.348 e. The van der Waals surface area contributed by atoms with E-state index in [0.717, 1.165) is 11.3 Å². The molecule has 6 rings (SSSR count). The Morgan fingerprint density at radius 2 is 2.09 bits per heavy atom. The summed E-state index contributed by atoms with van der Waals surface area (Å²) in [5, 5.41) is 8.90. The zero-order chi connectivity index (χ0) is 22.7. The van der Waals surface area contributed by atoms with Crippen molar-refractivity contribution in [3.8, 4) is 0 Å². The van der Waals surface area contributed by atoms with Crippen molar-refractivity contribution < 1.29 is 13.6 Å². The minimum atomic E-state index is -2.63. The van der Waals surface area contributed by atoms with Gasteiger partial charge in [-0.1, -0.05) is 6.07 Å². The van der Waals surface area contributed by atoms with E-state index in [2.05, 4.69) is 20.2 Å². The highest BCUT2D eigenvalue weighted by Crippen LogP contribution is 2.36. The molecule has 1 aliphatic rings. The van der Waals surface area contributed by atoms with Gasteiger partial charge in [0, 0.05) is 36.6 Å². The van der Waals surface area contributed by atoms with E-state index in [-0.39, 0.29) is 11.5 Å². The molecule has 33 heavy (non-hydrogen) atoms. The Bertz CT molecular complexity index is 1520. The molecule has 0 saturated heterocycles. The van der Waals surface area contributed by atoms with E-state index in [1.165, 1.54) is 16.6 Å². The molecule has 8 nitrogen and oxygen atoms in total. The molecule has 1 N–H and O–H groups in total. The molecule has 5 aromatic rings. The number of rotatable bonds is 3. The Morgan fingerprint density at radius 1 is 1.21 bits per heavy atom. The third-order valence-electron chi connectivity index (χ3n) is 6.15. The second-order valence-corrected chi connectivity index (χ2v) is 8.18. The number of imidazole rings is 1. The normalized spacial score (nSPS) is 16.1. The highest BCUT2D eigenvalue weighted by atomic mass is 19.3. The lowest BCUT2D eigenvalue weighted by molar-refractivity contribution is 0.0689. The molecule has 0 radical (unpaired) electrons. The van der Waals surface area contributed by atoms with Crippen molar-refractivity contribution in [2.75, 3.05) is 6.54 Å². The average molecular weight is 447 g/mol. The highest BCUT2D eigenvalue weighted by Gasteiger charge is 2.37. The van der Waals surface area contributed by atoms with Gasteiger partial charge in [0.1, 0.15) is 6.04 Å². The zero-order valence-corrected chi connectivity index (χ0v) is 17.6. The average Bonchev–Trinajstić information content (AvgIpc) is 3.54. The van der Waals surface area contributed by atoms with Gasteiger partial charge < -0.3 is 9.88 Å². The Kier molecular flexibility index (Phi) is 4.29. The van der Waals surface area contributed by atoms with Crippen molar-refractivity contribution in [1.29, 1.82) is 0 Å². The Morgan fingerprint density at radius 3 is 2.94 bits per heavy atom. The smallest absolute Gasteiger partial charge is 0.265 e. The topological polar surface area (TPSA) is 83.6 Å². The summed E-state index contributed by atoms with van der Waals surface area (Å²) in [4.78, 5) is 23.0. The molecule has 0 fully saturated rings. The molecular weight excluding hydrogens is 428 g/mol. The number of carbonyl (C=O) groups excluding carboxylic acids is 1. The molecule has 0 bridgehead atoms. The van der Waals surface area contributed by atoms with Crippen molar-refractivity contribution in [3.63, 3.8) is 0 Å². The molecule has 1 amide bonds. The lowest BCUT2D eigenvalue weighted by atomic mass is 9.98. The van der Waals surface area contributed by atoms with Crippen LogP contribution in [0.1, 0.15) is 51.0 Å². The van der Waals surface area contributed by atoms with E-state index in [0.29, 0.717) is 41.0 Å². The van der Waals surface area contributed by atoms with Gasteiger partial charge in [0.05, 0.1) is 40.5 Å². The minimum absolute atomic E-state index is 0.106. The first-order valence-corrected chi connectivity index (χ1v) is 10.5. The maximum atomic E-state index is 13.7. The van der Waals surface area contributed by atoms with E-state index in [1.807, 2.05) is 25.3 Å². The van der Waals surface area contributed by atoms with Gasteiger partial charge in [-0.05, 0) is 36.8 Å². The number of nitrogens with one attached hydrogen (secondary N) is 1. The van der Waals surface area contributed by atoms with Crippen molar-refractivity contribution in [3.05, 3.63) is 89.0 Å². The fourth-order valence-electron chi connectivity index (χ4n) is 4.58. The summed E-state index contributed by atoms with van der Waals surface area (Å²) in [6, 6.07) is 7.73. The molecule has 5 aromatic heterocycles. The number of hydrogen-bond acceptors (Lipinski definition) is 4. The van der Waals surface area contributed by atoms with Gasteiger partial charge in [0.15, 0.2) is 0 Å². The van der Waals surface area contributed by atoms with Crippen LogP contribution in [0.5, 0.6) is 0 Å². The van der Waals surface area contributed by atoms with Crippen LogP contribution in [0, 0.1) is 6.92 Å². The second-order valence-electron chi connectivity index (χ2n) is 8.18.